The molecule has 5 heteroatoms. The van der Waals surface area contributed by atoms with Crippen molar-refractivity contribution in [2.75, 3.05) is 20.0 Å². The van der Waals surface area contributed by atoms with Crippen LogP contribution in [0, 0.1) is 0 Å². The number of hydrogen-bond acceptors (Lipinski definition) is 4. The van der Waals surface area contributed by atoms with Crippen LogP contribution < -0.4 is 0 Å². The van der Waals surface area contributed by atoms with Gasteiger partial charge in [0.2, 0.25) is 0 Å². The predicted octanol–water partition coefficient (Wildman–Crippen LogP) is 5.77. The Hall–Kier alpha value is -1.85. The van der Waals surface area contributed by atoms with Gasteiger partial charge in [-0.1, -0.05) is 54.1 Å². The van der Waals surface area contributed by atoms with E-state index in [1.54, 1.807) is 26.0 Å². The zero-order valence-corrected chi connectivity index (χ0v) is 16.3. The second-order valence-corrected chi connectivity index (χ2v) is 7.18. The van der Waals surface area contributed by atoms with Gasteiger partial charge in [-0.2, -0.15) is 0 Å². The molecule has 3 nitrogen and oxygen atoms in total. The standard InChI is InChI=1S/C21H20ClNO2S/c1-24-21(25-2)14-26-20-11-10-17-9-8-16(13-19(17)23-20)7-6-15-4-3-5-18(22)12-15/h3-13,21H,14H2,1-2H3/b7-6+. The molecule has 0 saturated heterocycles. The monoisotopic (exact) mass is 385 g/mol. The normalized spacial score (nSPS) is 11.7. The number of ether oxygens (including phenoxy) is 2. The van der Waals surface area contributed by atoms with Gasteiger partial charge in [-0.05, 0) is 35.4 Å². The number of nitrogens with zero attached hydrogens (tertiary/aromatic N) is 1. The molecular formula is C21H20ClNO2S. The molecule has 0 aliphatic carbocycles. The summed E-state index contributed by atoms with van der Waals surface area (Å²) in [6.07, 6.45) is 3.88. The molecule has 134 valence electrons. The predicted molar refractivity (Wildman–Crippen MR) is 111 cm³/mol. The first-order valence-electron chi connectivity index (χ1n) is 8.21. The highest BCUT2D eigenvalue weighted by molar-refractivity contribution is 7.99. The van der Waals surface area contributed by atoms with Crippen molar-refractivity contribution in [1.82, 2.24) is 4.98 Å². The molecule has 0 fully saturated rings. The maximum Gasteiger partial charge on any atom is 0.166 e. The SMILES string of the molecule is COC(CSc1ccc2ccc(/C=C/c3cccc(Cl)c3)cc2n1)OC. The lowest BCUT2D eigenvalue weighted by Gasteiger charge is -2.12. The van der Waals surface area contributed by atoms with Crippen molar-refractivity contribution in [2.45, 2.75) is 11.3 Å². The van der Waals surface area contributed by atoms with E-state index in [9.17, 15) is 0 Å². The second kappa shape index (κ2) is 9.19. The van der Waals surface area contributed by atoms with Gasteiger partial charge < -0.3 is 9.47 Å². The molecule has 26 heavy (non-hydrogen) atoms. The van der Waals surface area contributed by atoms with E-state index in [0.29, 0.717) is 5.75 Å². The topological polar surface area (TPSA) is 31.4 Å². The Balaban J connectivity index is 1.78. The first kappa shape index (κ1) is 18.9. The number of hydrogen-bond donors (Lipinski definition) is 0. The Morgan fingerprint density at radius 2 is 1.73 bits per heavy atom. The van der Waals surface area contributed by atoms with Gasteiger partial charge in [0.1, 0.15) is 0 Å². The molecule has 0 radical (unpaired) electrons. The van der Waals surface area contributed by atoms with Crippen molar-refractivity contribution in [3.63, 3.8) is 0 Å². The molecule has 0 unspecified atom stereocenters. The second-order valence-electron chi connectivity index (χ2n) is 5.70. The summed E-state index contributed by atoms with van der Waals surface area (Å²) in [5, 5.41) is 2.80. The Bertz CT molecular complexity index is 909. The maximum absolute atomic E-state index is 6.03. The number of aromatic nitrogens is 1. The van der Waals surface area contributed by atoms with Crippen molar-refractivity contribution < 1.29 is 9.47 Å². The van der Waals surface area contributed by atoms with E-state index in [1.165, 1.54) is 0 Å². The van der Waals surface area contributed by atoms with Crippen LogP contribution in [0.15, 0.2) is 59.6 Å². The van der Waals surface area contributed by atoms with E-state index < -0.39 is 0 Å². The minimum absolute atomic E-state index is 0.232. The molecule has 0 saturated carbocycles. The minimum Gasteiger partial charge on any atom is -0.355 e. The summed E-state index contributed by atoms with van der Waals surface area (Å²) in [4.78, 5) is 4.74. The van der Waals surface area contributed by atoms with Gasteiger partial charge in [0.15, 0.2) is 6.29 Å². The fourth-order valence-corrected chi connectivity index (χ4v) is 3.59. The third kappa shape index (κ3) is 5.08. The maximum atomic E-state index is 6.03. The molecule has 0 aliphatic rings. The van der Waals surface area contributed by atoms with Crippen molar-refractivity contribution in [1.29, 1.82) is 0 Å². The first-order chi connectivity index (χ1) is 12.7. The van der Waals surface area contributed by atoms with Crippen molar-refractivity contribution in [2.24, 2.45) is 0 Å². The van der Waals surface area contributed by atoms with E-state index in [2.05, 4.69) is 30.3 Å². The third-order valence-corrected chi connectivity index (χ3v) is 5.10. The van der Waals surface area contributed by atoms with Gasteiger partial charge in [0.05, 0.1) is 16.3 Å². The molecule has 2 aromatic carbocycles. The summed E-state index contributed by atoms with van der Waals surface area (Å²) in [5.74, 6) is 0.694. The summed E-state index contributed by atoms with van der Waals surface area (Å²) in [6.45, 7) is 0. The Morgan fingerprint density at radius 3 is 2.46 bits per heavy atom. The molecule has 0 bridgehead atoms. The quantitative estimate of drug-likeness (QED) is 0.293. The van der Waals surface area contributed by atoms with Crippen LogP contribution in [0.5, 0.6) is 0 Å². The van der Waals surface area contributed by atoms with Crippen LogP contribution in [0.4, 0.5) is 0 Å². The van der Waals surface area contributed by atoms with E-state index in [0.717, 1.165) is 32.1 Å². The zero-order valence-electron chi connectivity index (χ0n) is 14.7. The molecule has 1 aromatic heterocycles. The number of halogens is 1. The van der Waals surface area contributed by atoms with E-state index in [4.69, 9.17) is 26.1 Å². The largest absolute Gasteiger partial charge is 0.355 e. The molecule has 0 aliphatic heterocycles. The molecular weight excluding hydrogens is 366 g/mol. The lowest BCUT2D eigenvalue weighted by Crippen LogP contribution is -2.15. The summed E-state index contributed by atoms with van der Waals surface area (Å²) in [6, 6.07) is 18.2. The summed E-state index contributed by atoms with van der Waals surface area (Å²) >= 11 is 7.65. The average Bonchev–Trinajstić information content (AvgIpc) is 2.67. The Morgan fingerprint density at radius 1 is 1.00 bits per heavy atom. The van der Waals surface area contributed by atoms with Crippen molar-refractivity contribution in [3.8, 4) is 0 Å². The van der Waals surface area contributed by atoms with E-state index in [-0.39, 0.29) is 6.29 Å². The highest BCUT2D eigenvalue weighted by atomic mass is 35.5. The highest BCUT2D eigenvalue weighted by Crippen LogP contribution is 2.23. The van der Waals surface area contributed by atoms with Gasteiger partial charge >= 0.3 is 0 Å². The number of methoxy groups -OCH3 is 2. The zero-order chi connectivity index (χ0) is 18.4. The van der Waals surface area contributed by atoms with Gasteiger partial charge in [-0.25, -0.2) is 4.98 Å². The van der Waals surface area contributed by atoms with Gasteiger partial charge in [-0.15, -0.1) is 11.8 Å². The minimum atomic E-state index is -0.232. The third-order valence-electron chi connectivity index (χ3n) is 3.90. The highest BCUT2D eigenvalue weighted by Gasteiger charge is 2.07. The Kier molecular flexibility index (Phi) is 6.69. The summed E-state index contributed by atoms with van der Waals surface area (Å²) in [7, 11) is 3.28. The van der Waals surface area contributed by atoms with Crippen LogP contribution in [0.3, 0.4) is 0 Å². The molecule has 0 N–H and O–H groups in total. The van der Waals surface area contributed by atoms with Crippen LogP contribution >= 0.6 is 23.4 Å². The number of pyridine rings is 1. The van der Waals surface area contributed by atoms with Crippen LogP contribution in [0.2, 0.25) is 5.02 Å². The molecule has 3 rings (SSSR count). The number of thioether (sulfide) groups is 1. The molecule has 0 atom stereocenters. The average molecular weight is 386 g/mol. The lowest BCUT2D eigenvalue weighted by atomic mass is 10.1. The summed E-state index contributed by atoms with van der Waals surface area (Å²) in [5.41, 5.74) is 3.13. The van der Waals surface area contributed by atoms with Crippen LogP contribution in [-0.2, 0) is 9.47 Å². The first-order valence-corrected chi connectivity index (χ1v) is 9.57. The van der Waals surface area contributed by atoms with E-state index >= 15 is 0 Å². The molecule has 0 amide bonds. The van der Waals surface area contributed by atoms with E-state index in [1.807, 2.05) is 36.4 Å². The lowest BCUT2D eigenvalue weighted by molar-refractivity contribution is -0.0842. The fourth-order valence-electron chi connectivity index (χ4n) is 2.49. The van der Waals surface area contributed by atoms with Gasteiger partial charge in [0, 0.05) is 24.6 Å². The van der Waals surface area contributed by atoms with Crippen molar-refractivity contribution in [3.05, 3.63) is 70.7 Å². The van der Waals surface area contributed by atoms with Gasteiger partial charge in [-0.3, -0.25) is 0 Å². The molecule has 0 spiro atoms. The van der Waals surface area contributed by atoms with Crippen molar-refractivity contribution >= 4 is 46.4 Å². The van der Waals surface area contributed by atoms with Gasteiger partial charge in [0.25, 0.3) is 0 Å². The summed E-state index contributed by atoms with van der Waals surface area (Å²) < 4.78 is 10.4. The van der Waals surface area contributed by atoms with Crippen LogP contribution in [0.1, 0.15) is 11.1 Å². The number of benzene rings is 2. The number of fused-ring (bicyclic) bond motifs is 1. The Labute approximate surface area is 163 Å². The van der Waals surface area contributed by atoms with Crippen LogP contribution in [0.25, 0.3) is 23.1 Å². The molecule has 1 heterocycles. The number of rotatable bonds is 7. The molecule has 3 aromatic rings. The smallest absolute Gasteiger partial charge is 0.166 e. The fraction of sp³-hybridized carbons (Fsp3) is 0.190. The van der Waals surface area contributed by atoms with Crippen LogP contribution in [-0.4, -0.2) is 31.2 Å².